The molecule has 0 atom stereocenters. The SMILES string of the molecule is c1cc2c(cc1CN1CCN(Cc3nc(C4CC4)no3)CC1)OCO2. The van der Waals surface area contributed by atoms with Gasteiger partial charge in [0.25, 0.3) is 0 Å². The van der Waals surface area contributed by atoms with E-state index >= 15 is 0 Å². The fourth-order valence-corrected chi connectivity index (χ4v) is 3.43. The van der Waals surface area contributed by atoms with E-state index in [4.69, 9.17) is 14.0 Å². The van der Waals surface area contributed by atoms with Gasteiger partial charge in [-0.15, -0.1) is 0 Å². The molecule has 3 heterocycles. The molecule has 25 heavy (non-hydrogen) atoms. The van der Waals surface area contributed by atoms with Crippen LogP contribution in [0.3, 0.4) is 0 Å². The van der Waals surface area contributed by atoms with Crippen LogP contribution in [-0.2, 0) is 13.1 Å². The average molecular weight is 342 g/mol. The molecular weight excluding hydrogens is 320 g/mol. The smallest absolute Gasteiger partial charge is 0.240 e. The number of ether oxygens (including phenoxy) is 2. The van der Waals surface area contributed by atoms with Crippen molar-refractivity contribution in [3.63, 3.8) is 0 Å². The summed E-state index contributed by atoms with van der Waals surface area (Å²) in [7, 11) is 0. The van der Waals surface area contributed by atoms with Crippen LogP contribution in [0.1, 0.15) is 36.0 Å². The molecule has 2 fully saturated rings. The molecule has 1 aromatic heterocycles. The first-order valence-electron chi connectivity index (χ1n) is 8.99. The highest BCUT2D eigenvalue weighted by Crippen LogP contribution is 2.38. The molecule has 2 aliphatic heterocycles. The van der Waals surface area contributed by atoms with E-state index in [1.54, 1.807) is 0 Å². The minimum Gasteiger partial charge on any atom is -0.454 e. The highest BCUT2D eigenvalue weighted by atomic mass is 16.7. The number of rotatable bonds is 5. The normalized spacial score (nSPS) is 21.0. The molecule has 7 nitrogen and oxygen atoms in total. The maximum absolute atomic E-state index is 5.46. The van der Waals surface area contributed by atoms with Crippen LogP contribution in [0, 0.1) is 0 Å². The second-order valence-electron chi connectivity index (χ2n) is 7.06. The van der Waals surface area contributed by atoms with Gasteiger partial charge in [-0.3, -0.25) is 9.80 Å². The molecule has 1 aliphatic carbocycles. The summed E-state index contributed by atoms with van der Waals surface area (Å²) in [6.07, 6.45) is 2.41. The molecule has 132 valence electrons. The van der Waals surface area contributed by atoms with Gasteiger partial charge in [0.15, 0.2) is 17.3 Å². The number of piperazine rings is 1. The lowest BCUT2D eigenvalue weighted by Gasteiger charge is -2.33. The molecule has 1 aromatic carbocycles. The highest BCUT2D eigenvalue weighted by Gasteiger charge is 2.29. The van der Waals surface area contributed by atoms with Crippen LogP contribution in [0.25, 0.3) is 0 Å². The van der Waals surface area contributed by atoms with Crippen LogP contribution < -0.4 is 9.47 Å². The van der Waals surface area contributed by atoms with Crippen molar-refractivity contribution in [2.24, 2.45) is 0 Å². The van der Waals surface area contributed by atoms with E-state index in [1.165, 1.54) is 18.4 Å². The number of aromatic nitrogens is 2. The van der Waals surface area contributed by atoms with E-state index < -0.39 is 0 Å². The second-order valence-corrected chi connectivity index (χ2v) is 7.06. The lowest BCUT2D eigenvalue weighted by Crippen LogP contribution is -2.45. The van der Waals surface area contributed by atoms with Gasteiger partial charge in [-0.25, -0.2) is 0 Å². The Balaban J connectivity index is 1.13. The Labute approximate surface area is 146 Å². The van der Waals surface area contributed by atoms with Crippen molar-refractivity contribution < 1.29 is 14.0 Å². The van der Waals surface area contributed by atoms with E-state index in [0.717, 1.165) is 62.5 Å². The molecule has 3 aliphatic rings. The number of benzene rings is 1. The Hall–Kier alpha value is -2.12. The summed E-state index contributed by atoms with van der Waals surface area (Å²) in [5, 5.41) is 4.10. The summed E-state index contributed by atoms with van der Waals surface area (Å²) in [6, 6.07) is 6.21. The van der Waals surface area contributed by atoms with Crippen LogP contribution in [0.5, 0.6) is 11.5 Å². The number of hydrogen-bond donors (Lipinski definition) is 0. The van der Waals surface area contributed by atoms with E-state index in [9.17, 15) is 0 Å². The maximum Gasteiger partial charge on any atom is 0.240 e. The molecule has 0 spiro atoms. The van der Waals surface area contributed by atoms with Crippen LogP contribution in [0.15, 0.2) is 22.7 Å². The standard InChI is InChI=1S/C18H22N4O3/c1-4-15-16(24-12-23-15)9-13(1)10-21-5-7-22(8-6-21)11-17-19-18(20-25-17)14-2-3-14/h1,4,9,14H,2-3,5-8,10-12H2. The van der Waals surface area contributed by atoms with Gasteiger partial charge in [0.05, 0.1) is 6.54 Å². The third-order valence-corrected chi connectivity index (χ3v) is 5.09. The zero-order valence-corrected chi connectivity index (χ0v) is 14.2. The zero-order chi connectivity index (χ0) is 16.6. The quantitative estimate of drug-likeness (QED) is 0.823. The number of fused-ring (bicyclic) bond motifs is 1. The van der Waals surface area contributed by atoms with Gasteiger partial charge in [-0.2, -0.15) is 4.98 Å². The summed E-state index contributed by atoms with van der Waals surface area (Å²) in [5.74, 6) is 3.91. The first-order valence-corrected chi connectivity index (χ1v) is 8.99. The Morgan fingerprint density at radius 1 is 0.960 bits per heavy atom. The fraction of sp³-hybridized carbons (Fsp3) is 0.556. The van der Waals surface area contributed by atoms with Crippen LogP contribution in [0.4, 0.5) is 0 Å². The lowest BCUT2D eigenvalue weighted by molar-refractivity contribution is 0.112. The average Bonchev–Trinajstić information content (AvgIpc) is 3.20. The number of hydrogen-bond acceptors (Lipinski definition) is 7. The molecule has 0 unspecified atom stereocenters. The first kappa shape index (κ1) is 15.2. The highest BCUT2D eigenvalue weighted by molar-refractivity contribution is 5.44. The Bertz CT molecular complexity index is 751. The second kappa shape index (κ2) is 6.31. The molecule has 7 heteroatoms. The third-order valence-electron chi connectivity index (χ3n) is 5.09. The zero-order valence-electron chi connectivity index (χ0n) is 14.2. The molecule has 0 bridgehead atoms. The largest absolute Gasteiger partial charge is 0.454 e. The van der Waals surface area contributed by atoms with Gasteiger partial charge in [0.2, 0.25) is 12.7 Å². The summed E-state index contributed by atoms with van der Waals surface area (Å²) in [6.45, 7) is 6.15. The van der Waals surface area contributed by atoms with Crippen molar-refractivity contribution in [1.29, 1.82) is 0 Å². The number of nitrogens with zero attached hydrogens (tertiary/aromatic N) is 4. The summed E-state index contributed by atoms with van der Waals surface area (Å²) in [5.41, 5.74) is 1.27. The van der Waals surface area contributed by atoms with E-state index in [0.29, 0.717) is 12.7 Å². The predicted molar refractivity (Wildman–Crippen MR) is 89.4 cm³/mol. The molecule has 1 saturated heterocycles. The van der Waals surface area contributed by atoms with Crippen LogP contribution in [-0.4, -0.2) is 52.9 Å². The molecule has 0 radical (unpaired) electrons. The Morgan fingerprint density at radius 2 is 1.72 bits per heavy atom. The minimum atomic E-state index is 0.329. The summed E-state index contributed by atoms with van der Waals surface area (Å²) in [4.78, 5) is 9.39. The molecule has 5 rings (SSSR count). The molecule has 2 aromatic rings. The van der Waals surface area contributed by atoms with Crippen LogP contribution in [0.2, 0.25) is 0 Å². The summed E-state index contributed by atoms with van der Waals surface area (Å²) >= 11 is 0. The van der Waals surface area contributed by atoms with Crippen LogP contribution >= 0.6 is 0 Å². The molecule has 1 saturated carbocycles. The van der Waals surface area contributed by atoms with Gasteiger partial charge >= 0.3 is 0 Å². The van der Waals surface area contributed by atoms with Crippen molar-refractivity contribution in [3.8, 4) is 11.5 Å². The van der Waals surface area contributed by atoms with E-state index in [2.05, 4.69) is 32.1 Å². The van der Waals surface area contributed by atoms with Crippen molar-refractivity contribution in [2.75, 3.05) is 33.0 Å². The monoisotopic (exact) mass is 342 g/mol. The van der Waals surface area contributed by atoms with Crippen molar-refractivity contribution in [3.05, 3.63) is 35.5 Å². The van der Waals surface area contributed by atoms with Gasteiger partial charge in [0, 0.05) is 38.6 Å². The van der Waals surface area contributed by atoms with E-state index in [1.807, 2.05) is 6.07 Å². The lowest BCUT2D eigenvalue weighted by atomic mass is 10.1. The minimum absolute atomic E-state index is 0.329. The van der Waals surface area contributed by atoms with Gasteiger partial charge in [-0.05, 0) is 30.5 Å². The fourth-order valence-electron chi connectivity index (χ4n) is 3.43. The maximum atomic E-state index is 5.46. The Morgan fingerprint density at radius 3 is 2.52 bits per heavy atom. The van der Waals surface area contributed by atoms with Gasteiger partial charge in [0.1, 0.15) is 0 Å². The van der Waals surface area contributed by atoms with E-state index in [-0.39, 0.29) is 0 Å². The molecular formula is C18H22N4O3. The Kier molecular flexibility index (Phi) is 3.83. The molecule has 0 amide bonds. The van der Waals surface area contributed by atoms with Gasteiger partial charge in [-0.1, -0.05) is 11.2 Å². The molecule has 0 N–H and O–H groups in total. The van der Waals surface area contributed by atoms with Gasteiger partial charge < -0.3 is 14.0 Å². The first-order chi connectivity index (χ1) is 12.3. The van der Waals surface area contributed by atoms with Crippen molar-refractivity contribution >= 4 is 0 Å². The topological polar surface area (TPSA) is 63.9 Å². The third kappa shape index (κ3) is 3.34. The van der Waals surface area contributed by atoms with Crippen molar-refractivity contribution in [1.82, 2.24) is 19.9 Å². The van der Waals surface area contributed by atoms with Crippen molar-refractivity contribution in [2.45, 2.75) is 31.8 Å². The summed E-state index contributed by atoms with van der Waals surface area (Å²) < 4.78 is 16.2. The predicted octanol–water partition coefficient (Wildman–Crippen LogP) is 1.99.